The van der Waals surface area contributed by atoms with Gasteiger partial charge in [-0.1, -0.05) is 54.9 Å². The summed E-state index contributed by atoms with van der Waals surface area (Å²) in [5.74, 6) is 0. The maximum Gasteiger partial charge on any atom is 0.188 e. The lowest BCUT2D eigenvalue weighted by atomic mass is 10.0. The molecular weight excluding hydrogens is 533 g/mol. The summed E-state index contributed by atoms with van der Waals surface area (Å²) in [7, 11) is 0. The number of aromatic nitrogens is 1. The Hall–Kier alpha value is -4.27. The molecule has 8 heteroatoms. The summed E-state index contributed by atoms with van der Waals surface area (Å²) in [6.07, 6.45) is 17.4. The van der Waals surface area contributed by atoms with Gasteiger partial charge in [0.25, 0.3) is 0 Å². The molecule has 0 radical (unpaired) electrons. The molecule has 2 aromatic heterocycles. The topological polar surface area (TPSA) is 69.4 Å². The summed E-state index contributed by atoms with van der Waals surface area (Å²) >= 11 is 3.24. The van der Waals surface area contributed by atoms with E-state index in [1.54, 1.807) is 28.2 Å². The molecule has 4 N–H and O–H groups in total. The SMILES string of the molecule is C=C(Nc1ccccc1N)c1ccc(Nc2ncc(/C(=C/C)N3C=C(N4CC5=C(CCC=C5)C4)C=CC3=C)s2)s1. The highest BCUT2D eigenvalue weighted by Gasteiger charge is 2.25. The molecule has 2 aliphatic heterocycles. The summed E-state index contributed by atoms with van der Waals surface area (Å²) in [5, 5.41) is 8.61. The highest BCUT2D eigenvalue weighted by Crippen LogP contribution is 2.37. The number of nitrogens with two attached hydrogens (primary N) is 1. The van der Waals surface area contributed by atoms with Crippen LogP contribution in [-0.2, 0) is 0 Å². The maximum atomic E-state index is 6.07. The fraction of sp³-hybridized carbons (Fsp3) is 0.156. The molecule has 1 aromatic carbocycles. The van der Waals surface area contributed by atoms with Crippen molar-refractivity contribution < 1.29 is 0 Å². The molecule has 3 aromatic rings. The van der Waals surface area contributed by atoms with E-state index in [9.17, 15) is 0 Å². The number of nitrogens with zero attached hydrogens (tertiary/aromatic N) is 3. The van der Waals surface area contributed by atoms with Crippen molar-refractivity contribution >= 4 is 55.6 Å². The van der Waals surface area contributed by atoms with Crippen LogP contribution in [0.5, 0.6) is 0 Å². The minimum absolute atomic E-state index is 0.691. The van der Waals surface area contributed by atoms with Gasteiger partial charge in [-0.15, -0.1) is 11.3 Å². The van der Waals surface area contributed by atoms with Gasteiger partial charge >= 0.3 is 0 Å². The monoisotopic (exact) mass is 564 g/mol. The number of benzene rings is 1. The van der Waals surface area contributed by atoms with E-state index in [0.717, 1.165) is 62.2 Å². The van der Waals surface area contributed by atoms with E-state index in [1.165, 1.54) is 17.7 Å². The molecular formula is C32H32N6S2. The van der Waals surface area contributed by atoms with Crippen LogP contribution in [0.3, 0.4) is 0 Å². The Kier molecular flexibility index (Phi) is 7.19. The third-order valence-corrected chi connectivity index (χ3v) is 9.18. The fourth-order valence-electron chi connectivity index (χ4n) is 5.07. The van der Waals surface area contributed by atoms with E-state index in [-0.39, 0.29) is 0 Å². The first-order valence-electron chi connectivity index (χ1n) is 13.3. The standard InChI is InChI=1S/C32H32N6S2/c1-4-28(38-20-25(14-13-21(38)2)37-18-23-9-5-6-10-24(23)19-37)30-17-34-32(40-30)36-31-16-15-29(39-31)22(3)35-27-12-8-7-11-26(27)33/h4-5,7-9,11-17,20,35H,2-3,6,10,18-19,33H2,1H3,(H,34,36)/b28-4-. The average molecular weight is 565 g/mol. The number of hydrogen-bond donors (Lipinski definition) is 3. The quantitative estimate of drug-likeness (QED) is 0.240. The summed E-state index contributed by atoms with van der Waals surface area (Å²) in [5.41, 5.74) is 14.7. The third kappa shape index (κ3) is 5.28. The van der Waals surface area contributed by atoms with Crippen LogP contribution < -0.4 is 16.4 Å². The van der Waals surface area contributed by atoms with Gasteiger partial charge in [0, 0.05) is 36.9 Å². The molecule has 0 spiro atoms. The Balaban J connectivity index is 1.14. The zero-order valence-corrected chi connectivity index (χ0v) is 24.1. The normalized spacial score (nSPS) is 16.9. The second-order valence-electron chi connectivity index (χ2n) is 9.86. The fourth-order valence-corrected chi connectivity index (χ4v) is 6.87. The second kappa shape index (κ2) is 11.1. The van der Waals surface area contributed by atoms with Crippen LogP contribution in [0.15, 0.2) is 115 Å². The third-order valence-electron chi connectivity index (χ3n) is 7.18. The van der Waals surface area contributed by atoms with E-state index >= 15 is 0 Å². The predicted octanol–water partition coefficient (Wildman–Crippen LogP) is 8.16. The van der Waals surface area contributed by atoms with Crippen molar-refractivity contribution in [1.82, 2.24) is 14.8 Å². The molecule has 6 rings (SSSR count). The van der Waals surface area contributed by atoms with Gasteiger partial charge in [-0.2, -0.15) is 0 Å². The molecule has 3 aliphatic rings. The smallest absolute Gasteiger partial charge is 0.188 e. The van der Waals surface area contributed by atoms with Crippen molar-refractivity contribution in [3.05, 3.63) is 125 Å². The van der Waals surface area contributed by atoms with Crippen LogP contribution in [0.4, 0.5) is 21.5 Å². The molecule has 1 aliphatic carbocycles. The Labute approximate surface area is 243 Å². The molecule has 0 atom stereocenters. The number of thiazole rings is 1. The summed E-state index contributed by atoms with van der Waals surface area (Å²) in [6, 6.07) is 11.8. The van der Waals surface area contributed by atoms with E-state index in [2.05, 4.69) is 82.1 Å². The minimum Gasteiger partial charge on any atom is -0.397 e. The summed E-state index contributed by atoms with van der Waals surface area (Å²) < 4.78 is 0. The zero-order chi connectivity index (χ0) is 27.6. The second-order valence-corrected chi connectivity index (χ2v) is 12.0. The van der Waals surface area contributed by atoms with Crippen LogP contribution in [-0.4, -0.2) is 27.9 Å². The molecule has 40 heavy (non-hydrogen) atoms. The van der Waals surface area contributed by atoms with Crippen LogP contribution in [0, 0.1) is 0 Å². The summed E-state index contributed by atoms with van der Waals surface area (Å²) in [4.78, 5) is 11.4. The molecule has 202 valence electrons. The van der Waals surface area contributed by atoms with Crippen LogP contribution in [0.1, 0.15) is 29.5 Å². The first kappa shape index (κ1) is 26.0. The average Bonchev–Trinajstić information content (AvgIpc) is 3.72. The molecule has 4 heterocycles. The van der Waals surface area contributed by atoms with Crippen molar-refractivity contribution in [2.45, 2.75) is 19.8 Å². The lowest BCUT2D eigenvalue weighted by Gasteiger charge is -2.30. The lowest BCUT2D eigenvalue weighted by molar-refractivity contribution is 0.432. The molecule has 0 bridgehead atoms. The number of hydrogen-bond acceptors (Lipinski definition) is 8. The van der Waals surface area contributed by atoms with Gasteiger partial charge in [-0.3, -0.25) is 0 Å². The summed E-state index contributed by atoms with van der Waals surface area (Å²) in [6.45, 7) is 12.5. The van der Waals surface area contributed by atoms with Crippen molar-refractivity contribution in [2.24, 2.45) is 0 Å². The van der Waals surface area contributed by atoms with Gasteiger partial charge in [-0.05, 0) is 67.3 Å². The number of anilines is 4. The van der Waals surface area contributed by atoms with Crippen molar-refractivity contribution in [2.75, 3.05) is 29.5 Å². The van der Waals surface area contributed by atoms with E-state index in [4.69, 9.17) is 5.73 Å². The van der Waals surface area contributed by atoms with Gasteiger partial charge < -0.3 is 26.2 Å². The Morgan fingerprint density at radius 2 is 1.95 bits per heavy atom. The molecule has 0 fully saturated rings. The molecule has 6 nitrogen and oxygen atoms in total. The highest BCUT2D eigenvalue weighted by molar-refractivity contribution is 7.19. The van der Waals surface area contributed by atoms with Crippen LogP contribution >= 0.6 is 22.7 Å². The number of nitrogen functional groups attached to an aromatic ring is 1. The molecule has 0 unspecified atom stereocenters. The van der Waals surface area contributed by atoms with Gasteiger partial charge in [-0.25, -0.2) is 4.98 Å². The van der Waals surface area contributed by atoms with Crippen LogP contribution in [0.2, 0.25) is 0 Å². The Morgan fingerprint density at radius 3 is 2.77 bits per heavy atom. The van der Waals surface area contributed by atoms with E-state index < -0.39 is 0 Å². The zero-order valence-electron chi connectivity index (χ0n) is 22.5. The van der Waals surface area contributed by atoms with Gasteiger partial charge in [0.15, 0.2) is 5.13 Å². The van der Waals surface area contributed by atoms with Crippen molar-refractivity contribution in [1.29, 1.82) is 0 Å². The molecule has 0 saturated heterocycles. The predicted molar refractivity (Wildman–Crippen MR) is 172 cm³/mol. The first-order valence-corrected chi connectivity index (χ1v) is 14.9. The van der Waals surface area contributed by atoms with Crippen LogP contribution in [0.25, 0.3) is 11.4 Å². The number of thiophene rings is 1. The number of para-hydroxylation sites is 2. The first-order chi connectivity index (χ1) is 19.5. The van der Waals surface area contributed by atoms with E-state index in [0.29, 0.717) is 5.69 Å². The van der Waals surface area contributed by atoms with Crippen molar-refractivity contribution in [3.63, 3.8) is 0 Å². The molecule has 0 amide bonds. The van der Waals surface area contributed by atoms with E-state index in [1.807, 2.05) is 42.6 Å². The molecule has 0 saturated carbocycles. The Bertz CT molecular complexity index is 1630. The van der Waals surface area contributed by atoms with Gasteiger partial charge in [0.1, 0.15) is 0 Å². The highest BCUT2D eigenvalue weighted by atomic mass is 32.1. The largest absolute Gasteiger partial charge is 0.397 e. The number of allylic oxidation sites excluding steroid dienone is 4. The Morgan fingerprint density at radius 1 is 1.07 bits per heavy atom. The maximum absolute atomic E-state index is 6.07. The van der Waals surface area contributed by atoms with Gasteiger partial charge in [0.05, 0.1) is 37.5 Å². The lowest BCUT2D eigenvalue weighted by Crippen LogP contribution is -2.25. The minimum atomic E-state index is 0.691. The van der Waals surface area contributed by atoms with Gasteiger partial charge in [0.2, 0.25) is 0 Å². The van der Waals surface area contributed by atoms with Crippen molar-refractivity contribution in [3.8, 4) is 0 Å². The number of nitrogens with one attached hydrogen (secondary N) is 2. The number of rotatable bonds is 8.